The lowest BCUT2D eigenvalue weighted by Crippen LogP contribution is -2.39. The van der Waals surface area contributed by atoms with Gasteiger partial charge >= 0.3 is 6.18 Å². The van der Waals surface area contributed by atoms with E-state index in [1.807, 2.05) is 0 Å². The molecule has 7 heteroatoms. The van der Waals surface area contributed by atoms with E-state index in [9.17, 15) is 18.0 Å². The maximum absolute atomic E-state index is 13.0. The molecule has 2 rings (SSSR count). The fourth-order valence-corrected chi connectivity index (χ4v) is 3.19. The van der Waals surface area contributed by atoms with Gasteiger partial charge in [0.1, 0.15) is 0 Å². The molecule has 0 aliphatic heterocycles. The lowest BCUT2D eigenvalue weighted by molar-refractivity contribution is -0.197. The number of alkyl halides is 3. The van der Waals surface area contributed by atoms with Crippen LogP contribution in [-0.2, 0) is 4.79 Å². The highest BCUT2D eigenvalue weighted by molar-refractivity contribution is 9.10. The fourth-order valence-electron chi connectivity index (χ4n) is 2.69. The number of benzene rings is 1. The summed E-state index contributed by atoms with van der Waals surface area (Å²) in [5.41, 5.74) is 6.53. The molecular formula is C14H16BrF3N2O. The van der Waals surface area contributed by atoms with Crippen LogP contribution in [-0.4, -0.2) is 12.1 Å². The Morgan fingerprint density at radius 3 is 2.57 bits per heavy atom. The minimum absolute atomic E-state index is 0.0183. The first kappa shape index (κ1) is 16.1. The molecule has 1 saturated carbocycles. The lowest BCUT2D eigenvalue weighted by atomic mass is 9.78. The van der Waals surface area contributed by atoms with E-state index in [-0.39, 0.29) is 12.8 Å². The van der Waals surface area contributed by atoms with E-state index in [0.29, 0.717) is 28.7 Å². The summed E-state index contributed by atoms with van der Waals surface area (Å²) in [5, 5.41) is 2.57. The number of rotatable bonds is 2. The molecule has 3 N–H and O–H groups in total. The largest absolute Gasteiger partial charge is 0.399 e. The predicted molar refractivity (Wildman–Crippen MR) is 78.7 cm³/mol. The van der Waals surface area contributed by atoms with Crippen molar-refractivity contribution in [1.82, 2.24) is 0 Å². The third-order valence-electron chi connectivity index (χ3n) is 3.77. The van der Waals surface area contributed by atoms with Gasteiger partial charge in [0.2, 0.25) is 5.91 Å². The molecular weight excluding hydrogens is 349 g/mol. The second kappa shape index (κ2) is 6.25. The van der Waals surface area contributed by atoms with Gasteiger partial charge in [0, 0.05) is 16.1 Å². The van der Waals surface area contributed by atoms with Crippen molar-refractivity contribution < 1.29 is 18.0 Å². The molecule has 116 valence electrons. The smallest absolute Gasteiger partial charge is 0.392 e. The van der Waals surface area contributed by atoms with Gasteiger partial charge in [-0.2, -0.15) is 13.2 Å². The van der Waals surface area contributed by atoms with Gasteiger partial charge in [-0.3, -0.25) is 4.79 Å². The van der Waals surface area contributed by atoms with Crippen LogP contribution in [0.3, 0.4) is 0 Å². The molecule has 0 spiro atoms. The van der Waals surface area contributed by atoms with Crippen LogP contribution < -0.4 is 11.1 Å². The zero-order valence-corrected chi connectivity index (χ0v) is 12.8. The van der Waals surface area contributed by atoms with Crippen molar-refractivity contribution >= 4 is 33.2 Å². The maximum atomic E-state index is 13.0. The summed E-state index contributed by atoms with van der Waals surface area (Å²) in [4.78, 5) is 12.2. The summed E-state index contributed by atoms with van der Waals surface area (Å²) in [7, 11) is 0. The second-order valence-electron chi connectivity index (χ2n) is 5.27. The van der Waals surface area contributed by atoms with Crippen LogP contribution in [0.25, 0.3) is 0 Å². The van der Waals surface area contributed by atoms with Gasteiger partial charge in [0.15, 0.2) is 0 Å². The Bertz CT molecular complexity index is 533. The molecule has 1 aliphatic rings. The number of anilines is 2. The van der Waals surface area contributed by atoms with Crippen molar-refractivity contribution in [1.29, 1.82) is 0 Å². The zero-order chi connectivity index (χ0) is 15.6. The standard InChI is InChI=1S/C14H16BrF3N2O/c15-11-7-8(19)5-6-12(11)20-13(21)9-3-1-2-4-10(9)14(16,17)18/h5-7,9-10H,1-4,19H2,(H,20,21). The molecule has 0 bridgehead atoms. The lowest BCUT2D eigenvalue weighted by Gasteiger charge is -2.32. The number of halogens is 4. The highest BCUT2D eigenvalue weighted by Gasteiger charge is 2.48. The van der Waals surface area contributed by atoms with Crippen LogP contribution >= 0.6 is 15.9 Å². The van der Waals surface area contributed by atoms with Crippen LogP contribution in [0.4, 0.5) is 24.5 Å². The van der Waals surface area contributed by atoms with Crippen molar-refractivity contribution in [2.45, 2.75) is 31.9 Å². The average Bonchev–Trinajstić information content (AvgIpc) is 2.41. The van der Waals surface area contributed by atoms with Crippen molar-refractivity contribution in [2.75, 3.05) is 11.1 Å². The molecule has 0 aromatic heterocycles. The van der Waals surface area contributed by atoms with Crippen LogP contribution in [0.5, 0.6) is 0 Å². The monoisotopic (exact) mass is 364 g/mol. The highest BCUT2D eigenvalue weighted by atomic mass is 79.9. The molecule has 1 aromatic carbocycles. The number of carbonyl (C=O) groups is 1. The van der Waals surface area contributed by atoms with Crippen molar-refractivity contribution in [3.63, 3.8) is 0 Å². The molecule has 1 aliphatic carbocycles. The van der Waals surface area contributed by atoms with Gasteiger partial charge in [0.25, 0.3) is 0 Å². The number of hydrogen-bond donors (Lipinski definition) is 2. The highest BCUT2D eigenvalue weighted by Crippen LogP contribution is 2.42. The molecule has 1 aromatic rings. The van der Waals surface area contributed by atoms with Gasteiger partial charge in [0.05, 0.1) is 11.6 Å². The predicted octanol–water partition coefficient (Wildman–Crippen LogP) is 4.34. The van der Waals surface area contributed by atoms with Crippen LogP contribution in [0, 0.1) is 11.8 Å². The number of nitrogens with one attached hydrogen (secondary N) is 1. The minimum atomic E-state index is -4.33. The van der Waals surface area contributed by atoms with Gasteiger partial charge in [-0.1, -0.05) is 12.8 Å². The van der Waals surface area contributed by atoms with E-state index >= 15 is 0 Å². The first-order valence-corrected chi connectivity index (χ1v) is 7.51. The summed E-state index contributed by atoms with van der Waals surface area (Å²) in [6.45, 7) is 0. The van der Waals surface area contributed by atoms with E-state index in [4.69, 9.17) is 5.73 Å². The molecule has 21 heavy (non-hydrogen) atoms. The Labute approximate surface area is 129 Å². The molecule has 2 atom stereocenters. The SMILES string of the molecule is Nc1ccc(NC(=O)C2CCCCC2C(F)(F)F)c(Br)c1. The van der Waals surface area contributed by atoms with Crippen molar-refractivity contribution in [3.05, 3.63) is 22.7 Å². The molecule has 2 unspecified atom stereocenters. The third kappa shape index (κ3) is 3.90. The summed E-state index contributed by atoms with van der Waals surface area (Å²) in [6.07, 6.45) is -2.89. The number of nitrogen functional groups attached to an aromatic ring is 1. The summed E-state index contributed by atoms with van der Waals surface area (Å²) in [5.74, 6) is -3.16. The zero-order valence-electron chi connectivity index (χ0n) is 11.2. The maximum Gasteiger partial charge on any atom is 0.392 e. The van der Waals surface area contributed by atoms with E-state index < -0.39 is 23.9 Å². The van der Waals surface area contributed by atoms with E-state index in [0.717, 1.165) is 0 Å². The Kier molecular flexibility index (Phi) is 4.81. The third-order valence-corrected chi connectivity index (χ3v) is 4.43. The fraction of sp³-hybridized carbons (Fsp3) is 0.500. The van der Waals surface area contributed by atoms with Crippen molar-refractivity contribution in [3.8, 4) is 0 Å². The average molecular weight is 365 g/mol. The Morgan fingerprint density at radius 1 is 1.29 bits per heavy atom. The number of amides is 1. The quantitative estimate of drug-likeness (QED) is 0.767. The molecule has 3 nitrogen and oxygen atoms in total. The van der Waals surface area contributed by atoms with Crippen LogP contribution in [0.1, 0.15) is 25.7 Å². The molecule has 1 amide bonds. The molecule has 1 fully saturated rings. The topological polar surface area (TPSA) is 55.1 Å². The minimum Gasteiger partial charge on any atom is -0.399 e. The Hall–Kier alpha value is -1.24. The molecule has 0 saturated heterocycles. The Morgan fingerprint density at radius 2 is 1.95 bits per heavy atom. The van der Waals surface area contributed by atoms with Gasteiger partial charge < -0.3 is 11.1 Å². The number of nitrogens with two attached hydrogens (primary N) is 1. The van der Waals surface area contributed by atoms with E-state index in [2.05, 4.69) is 21.2 Å². The van der Waals surface area contributed by atoms with Gasteiger partial charge in [-0.25, -0.2) is 0 Å². The van der Waals surface area contributed by atoms with Gasteiger partial charge in [-0.15, -0.1) is 0 Å². The first-order chi connectivity index (χ1) is 9.79. The summed E-state index contributed by atoms with van der Waals surface area (Å²) >= 11 is 3.24. The van der Waals surface area contributed by atoms with Crippen LogP contribution in [0.15, 0.2) is 22.7 Å². The number of carbonyl (C=O) groups excluding carboxylic acids is 1. The van der Waals surface area contributed by atoms with Crippen molar-refractivity contribution in [2.24, 2.45) is 11.8 Å². The van der Waals surface area contributed by atoms with E-state index in [1.165, 1.54) is 0 Å². The molecule has 0 radical (unpaired) electrons. The molecule has 0 heterocycles. The number of hydrogen-bond acceptors (Lipinski definition) is 2. The normalized spacial score (nSPS) is 22.9. The Balaban J connectivity index is 2.14. The van der Waals surface area contributed by atoms with E-state index in [1.54, 1.807) is 18.2 Å². The summed E-state index contributed by atoms with van der Waals surface area (Å²) in [6, 6.07) is 4.75. The summed E-state index contributed by atoms with van der Waals surface area (Å²) < 4.78 is 39.6. The van der Waals surface area contributed by atoms with Gasteiger partial charge in [-0.05, 0) is 47.0 Å². The van der Waals surface area contributed by atoms with Crippen LogP contribution in [0.2, 0.25) is 0 Å². The second-order valence-corrected chi connectivity index (χ2v) is 6.12. The first-order valence-electron chi connectivity index (χ1n) is 6.71.